The van der Waals surface area contributed by atoms with Crippen LogP contribution in [0.25, 0.3) is 10.1 Å². The fraction of sp³-hybridized carbons (Fsp3) is 0.458. The lowest BCUT2D eigenvalue weighted by Gasteiger charge is -2.40. The maximum absolute atomic E-state index is 13.7. The number of amides is 1. The Kier molecular flexibility index (Phi) is 7.29. The molecule has 15 heteroatoms. The molecule has 0 bridgehead atoms. The van der Waals surface area contributed by atoms with Crippen LogP contribution in [-0.4, -0.2) is 71.6 Å². The maximum atomic E-state index is 13.7. The molecule has 1 amide bonds. The minimum atomic E-state index is -3.79. The van der Waals surface area contributed by atoms with Crippen LogP contribution in [0.4, 0.5) is 0 Å². The first kappa shape index (κ1) is 26.9. The summed E-state index contributed by atoms with van der Waals surface area (Å²) in [5, 5.41) is 7.94. The van der Waals surface area contributed by atoms with Crippen LogP contribution in [0.1, 0.15) is 41.9 Å². The molecule has 5 heterocycles. The Morgan fingerprint density at radius 1 is 1.28 bits per heavy atom. The van der Waals surface area contributed by atoms with E-state index in [4.69, 9.17) is 33.1 Å². The smallest absolute Gasteiger partial charge is 0.310 e. The van der Waals surface area contributed by atoms with Crippen molar-refractivity contribution in [3.05, 3.63) is 46.6 Å². The Morgan fingerprint density at radius 2 is 2.13 bits per heavy atom. The highest BCUT2D eigenvalue weighted by molar-refractivity contribution is 7.91. The zero-order valence-electron chi connectivity index (χ0n) is 21.0. The van der Waals surface area contributed by atoms with Crippen LogP contribution >= 0.6 is 35.2 Å². The molecule has 3 aliphatic rings. The predicted molar refractivity (Wildman–Crippen MR) is 150 cm³/mol. The Hall–Kier alpha value is -2.33. The van der Waals surface area contributed by atoms with Gasteiger partial charge in [-0.3, -0.25) is 4.79 Å². The molecule has 1 aromatic carbocycles. The van der Waals surface area contributed by atoms with Crippen LogP contribution in [-0.2, 0) is 27.8 Å². The minimum Gasteiger partial charge on any atom is -0.436 e. The summed E-state index contributed by atoms with van der Waals surface area (Å²) in [6.45, 7) is 3.08. The summed E-state index contributed by atoms with van der Waals surface area (Å²) in [5.41, 5.74) is 3.60. The molecule has 0 spiro atoms. The average molecular weight is 611 g/mol. The number of benzene rings is 1. The van der Waals surface area contributed by atoms with Gasteiger partial charge in [-0.15, -0.1) is 16.8 Å². The number of thiophene rings is 1. The van der Waals surface area contributed by atoms with Crippen molar-refractivity contribution < 1.29 is 22.5 Å². The van der Waals surface area contributed by atoms with Crippen LogP contribution in [0.15, 0.2) is 32.9 Å². The standard InChI is InChI=1S/C24H27ClN6O5S3/c1-13-8-17-18(11-26-13)35-22(27-17)23(32)31-7-6-30(12-16(31)4-5-20-28-24(37)36-29-20)39(33,34)21-9-14-2-3-15(25)10-19(14)38-21/h2-3,9-10,13,16,20,26,29H,4-8,11-12H2,1H3,(H,28,37). The number of thiocarbonyl (C=S) groups is 1. The third-order valence-corrected chi connectivity index (χ3v) is 11.1. The number of fused-ring (bicyclic) bond motifs is 2. The van der Waals surface area contributed by atoms with E-state index in [0.29, 0.717) is 36.6 Å². The fourth-order valence-electron chi connectivity index (χ4n) is 5.13. The molecule has 3 aliphatic heterocycles. The number of hydroxylamine groups is 1. The van der Waals surface area contributed by atoms with Crippen molar-refractivity contribution in [1.29, 1.82) is 0 Å². The first-order valence-electron chi connectivity index (χ1n) is 12.6. The summed E-state index contributed by atoms with van der Waals surface area (Å²) in [4.78, 5) is 24.9. The maximum Gasteiger partial charge on any atom is 0.310 e. The van der Waals surface area contributed by atoms with Crippen LogP contribution in [0.2, 0.25) is 5.02 Å². The van der Waals surface area contributed by atoms with Crippen molar-refractivity contribution >= 4 is 66.3 Å². The molecule has 208 valence electrons. The minimum absolute atomic E-state index is 0.0419. The van der Waals surface area contributed by atoms with Gasteiger partial charge in [0.1, 0.15) is 16.1 Å². The first-order chi connectivity index (χ1) is 18.7. The molecule has 3 unspecified atom stereocenters. The molecule has 3 aromatic rings. The number of halogens is 1. The Balaban J connectivity index is 1.24. The number of piperazine rings is 1. The van der Waals surface area contributed by atoms with Gasteiger partial charge in [0.25, 0.3) is 21.1 Å². The lowest BCUT2D eigenvalue weighted by Crippen LogP contribution is -2.56. The van der Waals surface area contributed by atoms with E-state index in [1.165, 1.54) is 15.6 Å². The highest BCUT2D eigenvalue weighted by Crippen LogP contribution is 2.34. The van der Waals surface area contributed by atoms with Gasteiger partial charge in [-0.2, -0.15) is 4.31 Å². The van der Waals surface area contributed by atoms with Crippen molar-refractivity contribution in [3.63, 3.8) is 0 Å². The second-order valence-electron chi connectivity index (χ2n) is 9.92. The SMILES string of the molecule is CC1Cc2nc(C(=O)N3CCN(S(=O)(=O)c4cc5ccc(Cl)cc5s4)CC3CCC3NOC(=S)N3)oc2CN1. The van der Waals surface area contributed by atoms with Gasteiger partial charge in [-0.25, -0.2) is 13.4 Å². The zero-order valence-corrected chi connectivity index (χ0v) is 24.2. The molecule has 2 aromatic heterocycles. The molecule has 0 radical (unpaired) electrons. The van der Waals surface area contributed by atoms with Gasteiger partial charge in [0.2, 0.25) is 0 Å². The van der Waals surface area contributed by atoms with Crippen molar-refractivity contribution in [2.75, 3.05) is 19.6 Å². The number of sulfonamides is 1. The summed E-state index contributed by atoms with van der Waals surface area (Å²) in [7, 11) is -3.79. The number of aromatic nitrogens is 1. The van der Waals surface area contributed by atoms with Crippen molar-refractivity contribution in [1.82, 2.24) is 30.3 Å². The summed E-state index contributed by atoms with van der Waals surface area (Å²) in [5.74, 6) is 0.374. The lowest BCUT2D eigenvalue weighted by atomic mass is 10.1. The van der Waals surface area contributed by atoms with E-state index in [2.05, 4.69) is 28.0 Å². The monoisotopic (exact) mass is 610 g/mol. The van der Waals surface area contributed by atoms with Crippen molar-refractivity contribution in [3.8, 4) is 0 Å². The number of carbonyl (C=O) groups excluding carboxylic acids is 1. The third-order valence-electron chi connectivity index (χ3n) is 7.21. The number of hydrogen-bond acceptors (Lipinski definition) is 10. The van der Waals surface area contributed by atoms with Crippen LogP contribution in [0.3, 0.4) is 0 Å². The Morgan fingerprint density at radius 3 is 2.92 bits per heavy atom. The first-order valence-corrected chi connectivity index (χ1v) is 15.7. The summed E-state index contributed by atoms with van der Waals surface area (Å²) >= 11 is 12.3. The van der Waals surface area contributed by atoms with Crippen molar-refractivity contribution in [2.45, 2.75) is 55.2 Å². The second-order valence-corrected chi connectivity index (χ2v) is 14.0. The number of carbonyl (C=O) groups is 1. The van der Waals surface area contributed by atoms with E-state index in [-0.39, 0.29) is 53.0 Å². The van der Waals surface area contributed by atoms with E-state index in [0.717, 1.165) is 15.8 Å². The zero-order chi connectivity index (χ0) is 27.3. The second kappa shape index (κ2) is 10.6. The van der Waals surface area contributed by atoms with Crippen LogP contribution < -0.4 is 16.1 Å². The van der Waals surface area contributed by atoms with Gasteiger partial charge < -0.3 is 24.8 Å². The molecule has 2 fully saturated rings. The molecule has 2 saturated heterocycles. The molecule has 0 saturated carbocycles. The summed E-state index contributed by atoms with van der Waals surface area (Å²) < 4.78 is 35.8. The Bertz CT molecular complexity index is 1540. The van der Waals surface area contributed by atoms with Crippen molar-refractivity contribution in [2.24, 2.45) is 0 Å². The van der Waals surface area contributed by atoms with E-state index in [9.17, 15) is 13.2 Å². The van der Waals surface area contributed by atoms with Crippen LogP contribution in [0, 0.1) is 0 Å². The normalized spacial score (nSPS) is 24.0. The van der Waals surface area contributed by atoms with Gasteiger partial charge in [0.05, 0.1) is 12.2 Å². The van der Waals surface area contributed by atoms with Gasteiger partial charge in [0, 0.05) is 47.9 Å². The number of oxazole rings is 1. The fourth-order valence-corrected chi connectivity index (χ4v) is 8.62. The largest absolute Gasteiger partial charge is 0.436 e. The van der Waals surface area contributed by atoms with E-state index < -0.39 is 16.1 Å². The van der Waals surface area contributed by atoms with Crippen LogP contribution in [0.5, 0.6) is 0 Å². The van der Waals surface area contributed by atoms with Gasteiger partial charge >= 0.3 is 5.91 Å². The highest BCUT2D eigenvalue weighted by Gasteiger charge is 2.39. The number of hydrogen-bond donors (Lipinski definition) is 3. The van der Waals surface area contributed by atoms with E-state index >= 15 is 0 Å². The summed E-state index contributed by atoms with van der Waals surface area (Å²) in [6.07, 6.45) is 1.49. The van der Waals surface area contributed by atoms with E-state index in [1.54, 1.807) is 23.1 Å². The molecule has 11 nitrogen and oxygen atoms in total. The number of nitrogens with one attached hydrogen (secondary N) is 3. The topological polar surface area (TPSA) is 129 Å². The van der Waals surface area contributed by atoms with Gasteiger partial charge in [-0.1, -0.05) is 17.7 Å². The molecule has 6 rings (SSSR count). The molecule has 0 aliphatic carbocycles. The lowest BCUT2D eigenvalue weighted by molar-refractivity contribution is 0.0495. The van der Waals surface area contributed by atoms with E-state index in [1.807, 2.05) is 6.07 Å². The van der Waals surface area contributed by atoms with Gasteiger partial charge in [0.15, 0.2) is 0 Å². The molecule has 3 N–H and O–H groups in total. The number of rotatable bonds is 6. The molecule has 39 heavy (non-hydrogen) atoms. The average Bonchev–Trinajstić information content (AvgIpc) is 3.64. The molecular weight excluding hydrogens is 584 g/mol. The summed E-state index contributed by atoms with van der Waals surface area (Å²) in [6, 6.07) is 6.83. The highest BCUT2D eigenvalue weighted by atomic mass is 35.5. The molecule has 3 atom stereocenters. The third kappa shape index (κ3) is 5.38. The molecular formula is C24H27ClN6O5S3. The quantitative estimate of drug-likeness (QED) is 0.358. The number of nitrogens with zero attached hydrogens (tertiary/aromatic N) is 3. The van der Waals surface area contributed by atoms with Gasteiger partial charge in [-0.05, 0) is 55.6 Å². The predicted octanol–water partition coefficient (Wildman–Crippen LogP) is 2.61. The Labute approximate surface area is 239 Å².